The molecule has 0 aliphatic carbocycles. The summed E-state index contributed by atoms with van der Waals surface area (Å²) in [5.74, 6) is 5.57. The largest absolute Gasteiger partial charge is 0.416 e. The highest BCUT2D eigenvalue weighted by atomic mass is 19.4. The number of hydrogen-bond acceptors (Lipinski definition) is 5. The lowest BCUT2D eigenvalue weighted by Crippen LogP contribution is -2.44. The number of carbonyl (C=O) groups is 1. The maximum Gasteiger partial charge on any atom is 0.416 e. The average Bonchev–Trinajstić information content (AvgIpc) is 3.33. The summed E-state index contributed by atoms with van der Waals surface area (Å²) in [6.45, 7) is 5.12. The van der Waals surface area contributed by atoms with E-state index in [2.05, 4.69) is 32.1 Å². The maximum atomic E-state index is 13.9. The number of amides is 1. The lowest BCUT2D eigenvalue weighted by molar-refractivity contribution is -0.138. The second-order valence-electron chi connectivity index (χ2n) is 9.62. The first kappa shape index (κ1) is 26.4. The predicted octanol–water partition coefficient (Wildman–Crippen LogP) is 4.70. The Morgan fingerprint density at radius 1 is 1.08 bits per heavy atom. The summed E-state index contributed by atoms with van der Waals surface area (Å²) < 4.78 is 43.4. The number of rotatable bonds is 4. The number of nitrogens with zero attached hydrogens (tertiary/aromatic N) is 5. The van der Waals surface area contributed by atoms with Crippen molar-refractivity contribution in [1.29, 1.82) is 0 Å². The van der Waals surface area contributed by atoms with Gasteiger partial charge in [-0.15, -0.1) is 0 Å². The number of nitrogens with one attached hydrogen (secondary N) is 1. The molecule has 0 radical (unpaired) electrons. The predicted molar refractivity (Wildman–Crippen MR) is 144 cm³/mol. The molecule has 1 N–H and O–H groups in total. The summed E-state index contributed by atoms with van der Waals surface area (Å²) in [6.07, 6.45) is -1.28. The second-order valence-corrected chi connectivity index (χ2v) is 9.62. The van der Waals surface area contributed by atoms with Gasteiger partial charge in [-0.25, -0.2) is 9.50 Å². The summed E-state index contributed by atoms with van der Waals surface area (Å²) >= 11 is 0. The lowest BCUT2D eigenvalue weighted by Gasteiger charge is -2.33. The van der Waals surface area contributed by atoms with Crippen molar-refractivity contribution in [1.82, 2.24) is 24.4 Å². The summed E-state index contributed by atoms with van der Waals surface area (Å²) in [5.41, 5.74) is 2.56. The van der Waals surface area contributed by atoms with Crippen molar-refractivity contribution in [3.8, 4) is 11.8 Å². The fraction of sp³-hybridized carbons (Fsp3) is 0.276. The topological polar surface area (TPSA) is 65.8 Å². The van der Waals surface area contributed by atoms with Gasteiger partial charge in [0, 0.05) is 57.2 Å². The highest BCUT2D eigenvalue weighted by Crippen LogP contribution is 2.34. The molecule has 3 heterocycles. The molecular weight excluding hydrogens is 505 g/mol. The minimum atomic E-state index is -4.54. The Kier molecular flexibility index (Phi) is 7.37. The molecular formula is C29H29F3N6O. The number of alkyl halides is 3. The molecule has 1 fully saturated rings. The molecule has 0 spiro atoms. The third kappa shape index (κ3) is 6.11. The number of aromatic nitrogens is 3. The highest BCUT2D eigenvalue weighted by molar-refractivity contribution is 6.04. The monoisotopic (exact) mass is 534 g/mol. The van der Waals surface area contributed by atoms with Crippen molar-refractivity contribution < 1.29 is 19.4 Å². The normalized spacial score (nSPS) is 14.7. The molecule has 5 rings (SSSR count). The molecule has 7 nitrogen and oxygen atoms in total. The lowest BCUT2D eigenvalue weighted by atomic mass is 10.0. The van der Waals surface area contributed by atoms with Crippen LogP contribution < -0.4 is 5.32 Å². The van der Waals surface area contributed by atoms with Gasteiger partial charge >= 0.3 is 6.18 Å². The van der Waals surface area contributed by atoms with E-state index in [4.69, 9.17) is 0 Å². The number of halogens is 3. The van der Waals surface area contributed by atoms with E-state index in [0.717, 1.165) is 24.7 Å². The van der Waals surface area contributed by atoms with Gasteiger partial charge in [0.05, 0.1) is 11.8 Å². The van der Waals surface area contributed by atoms with E-state index in [1.54, 1.807) is 41.2 Å². The second kappa shape index (κ2) is 10.9. The number of anilines is 1. The van der Waals surface area contributed by atoms with Gasteiger partial charge in [0.1, 0.15) is 5.69 Å². The molecule has 0 bridgehead atoms. The van der Waals surface area contributed by atoms with Crippen molar-refractivity contribution >= 4 is 17.2 Å². The highest BCUT2D eigenvalue weighted by Gasteiger charge is 2.34. The summed E-state index contributed by atoms with van der Waals surface area (Å²) in [7, 11) is 2.00. The molecule has 39 heavy (non-hydrogen) atoms. The third-order valence-corrected chi connectivity index (χ3v) is 6.77. The molecule has 1 amide bonds. The Balaban J connectivity index is 0.00000370. The first-order chi connectivity index (χ1) is 18.7. The number of piperazine rings is 1. The minimum absolute atomic E-state index is 0. The Morgan fingerprint density at radius 2 is 1.87 bits per heavy atom. The molecule has 0 unspecified atom stereocenters. The zero-order valence-electron chi connectivity index (χ0n) is 21.6. The van der Waals surface area contributed by atoms with Gasteiger partial charge in [-0.05, 0) is 67.4 Å². The van der Waals surface area contributed by atoms with E-state index in [1.165, 1.54) is 12.1 Å². The van der Waals surface area contributed by atoms with E-state index in [-0.39, 0.29) is 24.8 Å². The zero-order chi connectivity index (χ0) is 27.6. The van der Waals surface area contributed by atoms with Crippen molar-refractivity contribution in [2.75, 3.05) is 38.5 Å². The Labute approximate surface area is 225 Å². The smallest absolute Gasteiger partial charge is 0.322 e. The van der Waals surface area contributed by atoms with Crippen LogP contribution in [0, 0.1) is 18.8 Å². The number of likely N-dealkylation sites (N-methyl/N-ethyl adjacent to an activating group) is 1. The molecule has 10 heteroatoms. The first-order valence-corrected chi connectivity index (χ1v) is 12.5. The molecule has 202 valence electrons. The third-order valence-electron chi connectivity index (χ3n) is 6.77. The van der Waals surface area contributed by atoms with Crippen LogP contribution in [0.25, 0.3) is 5.65 Å². The quantitative estimate of drug-likeness (QED) is 0.385. The Hall–Kier alpha value is -4.20. The molecule has 1 saturated heterocycles. The van der Waals surface area contributed by atoms with Gasteiger partial charge in [0.25, 0.3) is 5.91 Å². The average molecular weight is 535 g/mol. The van der Waals surface area contributed by atoms with Crippen molar-refractivity contribution in [3.05, 3.63) is 94.4 Å². The maximum absolute atomic E-state index is 13.9. The zero-order valence-corrected chi connectivity index (χ0v) is 21.6. The summed E-state index contributed by atoms with van der Waals surface area (Å²) in [5, 5.41) is 6.85. The van der Waals surface area contributed by atoms with E-state index in [9.17, 15) is 18.0 Å². The molecule has 0 saturated carbocycles. The van der Waals surface area contributed by atoms with E-state index in [1.807, 2.05) is 24.9 Å². The molecule has 0 atom stereocenters. The van der Waals surface area contributed by atoms with Gasteiger partial charge < -0.3 is 10.2 Å². The van der Waals surface area contributed by atoms with Crippen LogP contribution in [0.4, 0.5) is 18.9 Å². The fourth-order valence-corrected chi connectivity index (χ4v) is 4.45. The van der Waals surface area contributed by atoms with Crippen LogP contribution in [0.5, 0.6) is 0 Å². The first-order valence-electron chi connectivity index (χ1n) is 12.5. The van der Waals surface area contributed by atoms with E-state index in [0.29, 0.717) is 30.0 Å². The number of carbonyl (C=O) groups excluding carboxylic acids is 1. The van der Waals surface area contributed by atoms with Gasteiger partial charge in [-0.1, -0.05) is 18.1 Å². The van der Waals surface area contributed by atoms with Gasteiger partial charge in [-0.2, -0.15) is 18.3 Å². The van der Waals surface area contributed by atoms with Crippen LogP contribution in [0.2, 0.25) is 0 Å². The van der Waals surface area contributed by atoms with Crippen LogP contribution >= 0.6 is 0 Å². The van der Waals surface area contributed by atoms with Crippen molar-refractivity contribution in [3.63, 3.8) is 0 Å². The van der Waals surface area contributed by atoms with E-state index >= 15 is 0 Å². The van der Waals surface area contributed by atoms with Crippen molar-refractivity contribution in [2.45, 2.75) is 19.6 Å². The van der Waals surface area contributed by atoms with Gasteiger partial charge in [0.2, 0.25) is 0 Å². The van der Waals surface area contributed by atoms with Gasteiger partial charge in [0.15, 0.2) is 5.65 Å². The number of benzene rings is 2. The summed E-state index contributed by atoms with van der Waals surface area (Å²) in [6, 6.07) is 12.6. The van der Waals surface area contributed by atoms with Crippen molar-refractivity contribution in [2.24, 2.45) is 0 Å². The molecule has 1 aliphatic heterocycles. The Bertz CT molecular complexity index is 1580. The van der Waals surface area contributed by atoms with Crippen LogP contribution in [0.3, 0.4) is 0 Å². The minimum Gasteiger partial charge on any atom is -0.322 e. The number of fused-ring (bicyclic) bond motifs is 1. The SMILES string of the molecule is Cc1ccc(C(=O)Nc2ccc(CN3CCN(C)CC3)c(C(F)(F)F)c2)cc1C#Cc1cnc2cccnn12.[HH]. The Morgan fingerprint density at radius 3 is 2.64 bits per heavy atom. The van der Waals surface area contributed by atoms with Crippen LogP contribution in [0.1, 0.15) is 39.7 Å². The van der Waals surface area contributed by atoms with Crippen LogP contribution in [-0.2, 0) is 12.7 Å². The molecule has 2 aromatic carbocycles. The standard InChI is InChI=1S/C29H27F3N6O.H2/c1-20-5-6-22(16-21(20)8-10-25-18-33-27-4-3-11-34-38(25)27)28(39)35-24-9-7-23(26(17-24)29(30,31)32)19-37-14-12-36(2)13-15-37;/h3-7,9,11,16-18H,12-15,19H2,1-2H3,(H,35,39);1H. The number of imidazole rings is 1. The number of hydrogen-bond donors (Lipinski definition) is 1. The van der Waals surface area contributed by atoms with Crippen LogP contribution in [0.15, 0.2) is 60.9 Å². The van der Waals surface area contributed by atoms with Gasteiger partial charge in [-0.3, -0.25) is 9.69 Å². The summed E-state index contributed by atoms with van der Waals surface area (Å²) in [4.78, 5) is 21.4. The number of aryl methyl sites for hydroxylation is 1. The van der Waals surface area contributed by atoms with E-state index < -0.39 is 17.6 Å². The fourth-order valence-electron chi connectivity index (χ4n) is 4.45. The molecule has 1 aliphatic rings. The molecule has 2 aromatic heterocycles. The molecule has 4 aromatic rings. The van der Waals surface area contributed by atoms with Crippen LogP contribution in [-0.4, -0.2) is 63.5 Å².